The van der Waals surface area contributed by atoms with Crippen molar-refractivity contribution >= 4 is 29.8 Å². The van der Waals surface area contributed by atoms with Crippen molar-refractivity contribution in [3.63, 3.8) is 0 Å². The number of hydrogen-bond acceptors (Lipinski definition) is 8. The van der Waals surface area contributed by atoms with Gasteiger partial charge in [-0.05, 0) is 12.8 Å². The van der Waals surface area contributed by atoms with Gasteiger partial charge in [0.25, 0.3) is 0 Å². The molecule has 2 unspecified atom stereocenters. The Bertz CT molecular complexity index is 422. The summed E-state index contributed by atoms with van der Waals surface area (Å²) < 4.78 is 0. The standard InChI is InChI=1S/C5H10N2O3.C5H9NO4.C2H5NO2/c2*6-3(5(9)10)1-2-4(7)8;3-1-2(4)5/h3H,1-2,6H2,(H2,7,8)(H,9,10);3H,1-2,6H2,(H,7,8)(H,9,10);1,3H2,(H,4,5). The smallest absolute Gasteiger partial charge is 0.320 e. The van der Waals surface area contributed by atoms with Crippen LogP contribution in [-0.4, -0.2) is 68.8 Å². The van der Waals surface area contributed by atoms with Crippen LogP contribution in [0.5, 0.6) is 0 Å². The minimum absolute atomic E-state index is 0.0213. The van der Waals surface area contributed by atoms with Crippen molar-refractivity contribution in [2.24, 2.45) is 22.9 Å². The van der Waals surface area contributed by atoms with Gasteiger partial charge in [-0.15, -0.1) is 0 Å². The van der Waals surface area contributed by atoms with Crippen LogP contribution in [0.25, 0.3) is 0 Å². The van der Waals surface area contributed by atoms with Crippen molar-refractivity contribution in [3.8, 4) is 0 Å². The molecule has 0 aromatic carbocycles. The Hall–Kier alpha value is -2.77. The molecule has 13 nitrogen and oxygen atoms in total. The highest BCUT2D eigenvalue weighted by Crippen LogP contribution is 1.93. The molecule has 13 heteroatoms. The maximum Gasteiger partial charge on any atom is 0.320 e. The molecule has 1 amide bonds. The van der Waals surface area contributed by atoms with Gasteiger partial charge in [0.2, 0.25) is 5.91 Å². The van der Waals surface area contributed by atoms with E-state index in [2.05, 4.69) is 5.73 Å². The molecule has 0 aliphatic heterocycles. The number of rotatable bonds is 9. The normalized spacial score (nSPS) is 11.5. The molecule has 0 saturated carbocycles. The fraction of sp³-hybridized carbons (Fsp3) is 0.583. The van der Waals surface area contributed by atoms with Crippen molar-refractivity contribution in [1.82, 2.24) is 0 Å². The third kappa shape index (κ3) is 26.4. The van der Waals surface area contributed by atoms with Crippen molar-refractivity contribution in [3.05, 3.63) is 0 Å². The lowest BCUT2D eigenvalue weighted by molar-refractivity contribution is -0.141. The van der Waals surface area contributed by atoms with Gasteiger partial charge < -0.3 is 43.4 Å². The molecule has 0 aliphatic rings. The number of nitrogens with two attached hydrogens (primary N) is 4. The first-order chi connectivity index (χ1) is 11.3. The molecule has 0 aliphatic carbocycles. The predicted molar refractivity (Wildman–Crippen MR) is 83.2 cm³/mol. The van der Waals surface area contributed by atoms with Crippen LogP contribution < -0.4 is 22.9 Å². The average Bonchev–Trinajstić information content (AvgIpc) is 2.50. The topological polar surface area (TPSA) is 270 Å². The number of aliphatic carboxylic acids is 4. The molecular weight excluding hydrogens is 344 g/mol. The Kier molecular flexibility index (Phi) is 17.4. The van der Waals surface area contributed by atoms with Crippen LogP contribution >= 0.6 is 0 Å². The van der Waals surface area contributed by atoms with Gasteiger partial charge in [-0.1, -0.05) is 0 Å². The molecule has 0 heterocycles. The molecule has 0 rings (SSSR count). The highest BCUT2D eigenvalue weighted by molar-refractivity contribution is 5.77. The minimum Gasteiger partial charge on any atom is -0.481 e. The average molecular weight is 368 g/mol. The molecule has 0 fully saturated rings. The quantitative estimate of drug-likeness (QED) is 0.201. The van der Waals surface area contributed by atoms with Gasteiger partial charge in [0.1, 0.15) is 12.1 Å². The van der Waals surface area contributed by atoms with E-state index < -0.39 is 41.9 Å². The monoisotopic (exact) mass is 368 g/mol. The molecule has 0 aromatic rings. The van der Waals surface area contributed by atoms with E-state index in [0.717, 1.165) is 0 Å². The van der Waals surface area contributed by atoms with Crippen LogP contribution in [0, 0.1) is 0 Å². The largest absolute Gasteiger partial charge is 0.481 e. The van der Waals surface area contributed by atoms with Gasteiger partial charge >= 0.3 is 23.9 Å². The van der Waals surface area contributed by atoms with Crippen LogP contribution in [0.15, 0.2) is 0 Å². The maximum absolute atomic E-state index is 10.1. The summed E-state index contributed by atoms with van der Waals surface area (Å²) in [6.45, 7) is -0.278. The Morgan fingerprint density at radius 3 is 1.24 bits per heavy atom. The van der Waals surface area contributed by atoms with E-state index in [9.17, 15) is 24.0 Å². The predicted octanol–water partition coefficient (Wildman–Crippen LogP) is -3.04. The summed E-state index contributed by atoms with van der Waals surface area (Å²) in [6, 6.07) is -2.04. The molecule has 0 aromatic heterocycles. The van der Waals surface area contributed by atoms with Crippen LogP contribution in [0.2, 0.25) is 0 Å². The van der Waals surface area contributed by atoms with Crippen molar-refractivity contribution in [2.45, 2.75) is 37.8 Å². The Labute approximate surface area is 142 Å². The summed E-state index contributed by atoms with van der Waals surface area (Å²) in [5.41, 5.74) is 19.4. The van der Waals surface area contributed by atoms with E-state index in [4.69, 9.17) is 37.6 Å². The Morgan fingerprint density at radius 1 is 0.720 bits per heavy atom. The van der Waals surface area contributed by atoms with E-state index in [1.54, 1.807) is 0 Å². The van der Waals surface area contributed by atoms with Gasteiger partial charge in [0, 0.05) is 12.8 Å². The first-order valence-corrected chi connectivity index (χ1v) is 6.73. The van der Waals surface area contributed by atoms with Crippen LogP contribution in [0.3, 0.4) is 0 Å². The molecular formula is C12H24N4O9. The maximum atomic E-state index is 10.1. The zero-order valence-corrected chi connectivity index (χ0v) is 13.3. The fourth-order valence-corrected chi connectivity index (χ4v) is 0.824. The number of carboxylic acid groups (broad SMARTS) is 4. The fourth-order valence-electron chi connectivity index (χ4n) is 0.824. The second-order valence-corrected chi connectivity index (χ2v) is 4.42. The summed E-state index contributed by atoms with van der Waals surface area (Å²) in [5.74, 6) is -4.80. The van der Waals surface area contributed by atoms with Gasteiger partial charge in [-0.2, -0.15) is 0 Å². The second-order valence-electron chi connectivity index (χ2n) is 4.42. The van der Waals surface area contributed by atoms with Gasteiger partial charge in [-0.3, -0.25) is 24.0 Å². The Balaban J connectivity index is -0.000000308. The summed E-state index contributed by atoms with van der Waals surface area (Å²) in [7, 11) is 0. The third-order valence-corrected chi connectivity index (χ3v) is 2.18. The van der Waals surface area contributed by atoms with Crippen molar-refractivity contribution < 1.29 is 44.4 Å². The van der Waals surface area contributed by atoms with Gasteiger partial charge in [0.05, 0.1) is 6.54 Å². The summed E-state index contributed by atoms with van der Waals surface area (Å²) >= 11 is 0. The molecule has 12 N–H and O–H groups in total. The molecule has 146 valence electrons. The first-order valence-electron chi connectivity index (χ1n) is 6.73. The molecule has 0 saturated heterocycles. The van der Waals surface area contributed by atoms with E-state index in [0.29, 0.717) is 0 Å². The lowest BCUT2D eigenvalue weighted by Crippen LogP contribution is -2.31. The Morgan fingerprint density at radius 2 is 1.04 bits per heavy atom. The molecule has 0 radical (unpaired) electrons. The summed E-state index contributed by atoms with van der Waals surface area (Å²) in [6.07, 6.45) is -0.101. The molecule has 2 atom stereocenters. The van der Waals surface area contributed by atoms with Gasteiger partial charge in [0.15, 0.2) is 0 Å². The number of carbonyl (C=O) groups excluding carboxylic acids is 1. The SMILES string of the molecule is NC(=O)CCC(N)C(=O)O.NC(CCC(=O)O)C(=O)O.NCC(=O)O. The second kappa shape index (κ2) is 16.1. The minimum atomic E-state index is -1.17. The highest BCUT2D eigenvalue weighted by atomic mass is 16.4. The molecule has 25 heavy (non-hydrogen) atoms. The third-order valence-electron chi connectivity index (χ3n) is 2.18. The van der Waals surface area contributed by atoms with Crippen molar-refractivity contribution in [1.29, 1.82) is 0 Å². The van der Waals surface area contributed by atoms with E-state index in [-0.39, 0.29) is 32.2 Å². The molecule has 0 spiro atoms. The molecule has 0 bridgehead atoms. The van der Waals surface area contributed by atoms with Crippen molar-refractivity contribution in [2.75, 3.05) is 6.54 Å². The number of carboxylic acids is 4. The number of carbonyl (C=O) groups is 5. The number of hydrogen-bond donors (Lipinski definition) is 8. The van der Waals surface area contributed by atoms with E-state index in [1.165, 1.54) is 0 Å². The number of amides is 1. The van der Waals surface area contributed by atoms with E-state index in [1.807, 2.05) is 0 Å². The summed E-state index contributed by atoms with van der Waals surface area (Å²) in [5, 5.41) is 32.1. The number of primary amides is 1. The van der Waals surface area contributed by atoms with Crippen LogP contribution in [-0.2, 0) is 24.0 Å². The van der Waals surface area contributed by atoms with Crippen LogP contribution in [0.4, 0.5) is 0 Å². The van der Waals surface area contributed by atoms with Crippen LogP contribution in [0.1, 0.15) is 25.7 Å². The zero-order chi connectivity index (χ0) is 20.6. The lowest BCUT2D eigenvalue weighted by Gasteiger charge is -2.01. The van der Waals surface area contributed by atoms with Gasteiger partial charge in [-0.25, -0.2) is 0 Å². The summed E-state index contributed by atoms with van der Waals surface area (Å²) in [4.78, 5) is 49.2. The highest BCUT2D eigenvalue weighted by Gasteiger charge is 2.12. The lowest BCUT2D eigenvalue weighted by atomic mass is 10.2. The zero-order valence-electron chi connectivity index (χ0n) is 13.3. The van der Waals surface area contributed by atoms with E-state index >= 15 is 0 Å². The first kappa shape index (κ1) is 27.1.